The Morgan fingerprint density at radius 1 is 1.42 bits per heavy atom. The topological polar surface area (TPSA) is 42.7 Å². The summed E-state index contributed by atoms with van der Waals surface area (Å²) in [5.74, 6) is -0.184. The lowest BCUT2D eigenvalue weighted by Gasteiger charge is -2.19. The number of hydrogen-bond acceptors (Lipinski definition) is 3. The van der Waals surface area contributed by atoms with Crippen LogP contribution in [0, 0.1) is 12.7 Å². The summed E-state index contributed by atoms with van der Waals surface area (Å²) in [6.45, 7) is 4.71. The fourth-order valence-corrected chi connectivity index (χ4v) is 2.03. The van der Waals surface area contributed by atoms with Crippen LogP contribution in [0.1, 0.15) is 36.2 Å². The lowest BCUT2D eigenvalue weighted by molar-refractivity contribution is 0.544. The zero-order chi connectivity index (χ0) is 13.8. The van der Waals surface area contributed by atoms with E-state index < -0.39 is 0 Å². The van der Waals surface area contributed by atoms with Crippen LogP contribution in [0.5, 0.6) is 0 Å². The summed E-state index contributed by atoms with van der Waals surface area (Å²) in [5.41, 5.74) is 2.47. The minimum atomic E-state index is -0.184. The van der Waals surface area contributed by atoms with Crippen molar-refractivity contribution >= 4 is 0 Å². The molecular weight excluding hydrogens is 243 g/mol. The van der Waals surface area contributed by atoms with Crippen LogP contribution in [0.15, 0.2) is 24.4 Å². The standard InChI is InChI=1S/C14H19FN4/c1-4-7-16-14(13-9-17-18-19(13)3)11-6-5-10(2)12(15)8-11/h5-6,8-9,14,16H,4,7H2,1-3H3. The maximum absolute atomic E-state index is 13.7. The summed E-state index contributed by atoms with van der Waals surface area (Å²) in [5, 5.41) is 11.2. The minimum absolute atomic E-state index is 0.0879. The predicted molar refractivity (Wildman–Crippen MR) is 72.3 cm³/mol. The van der Waals surface area contributed by atoms with E-state index >= 15 is 0 Å². The molecule has 0 aliphatic rings. The fourth-order valence-electron chi connectivity index (χ4n) is 2.03. The van der Waals surface area contributed by atoms with Gasteiger partial charge in [0, 0.05) is 7.05 Å². The van der Waals surface area contributed by atoms with E-state index in [2.05, 4.69) is 22.6 Å². The van der Waals surface area contributed by atoms with E-state index in [0.717, 1.165) is 24.2 Å². The van der Waals surface area contributed by atoms with Crippen LogP contribution >= 0.6 is 0 Å². The highest BCUT2D eigenvalue weighted by Gasteiger charge is 2.18. The third kappa shape index (κ3) is 2.98. The first-order valence-electron chi connectivity index (χ1n) is 6.47. The Balaban J connectivity index is 2.37. The quantitative estimate of drug-likeness (QED) is 0.899. The Morgan fingerprint density at radius 3 is 2.79 bits per heavy atom. The van der Waals surface area contributed by atoms with E-state index in [0.29, 0.717) is 5.56 Å². The number of hydrogen-bond donors (Lipinski definition) is 1. The molecule has 0 aliphatic carbocycles. The van der Waals surface area contributed by atoms with E-state index in [9.17, 15) is 4.39 Å². The summed E-state index contributed by atoms with van der Waals surface area (Å²) < 4.78 is 15.5. The first kappa shape index (κ1) is 13.7. The second-order valence-electron chi connectivity index (χ2n) is 4.68. The van der Waals surface area contributed by atoms with Gasteiger partial charge in [0.25, 0.3) is 0 Å². The van der Waals surface area contributed by atoms with Crippen LogP contribution in [0.4, 0.5) is 4.39 Å². The molecule has 1 unspecified atom stereocenters. The largest absolute Gasteiger partial charge is 0.305 e. The van der Waals surface area contributed by atoms with Crippen molar-refractivity contribution in [1.82, 2.24) is 20.3 Å². The molecule has 0 radical (unpaired) electrons. The lowest BCUT2D eigenvalue weighted by atomic mass is 10.0. The summed E-state index contributed by atoms with van der Waals surface area (Å²) in [7, 11) is 1.84. The molecule has 102 valence electrons. The molecule has 1 heterocycles. The number of nitrogens with one attached hydrogen (secondary N) is 1. The first-order chi connectivity index (χ1) is 9.13. The van der Waals surface area contributed by atoms with Gasteiger partial charge in [0.2, 0.25) is 0 Å². The molecule has 2 rings (SSSR count). The number of aryl methyl sites for hydroxylation is 2. The van der Waals surface area contributed by atoms with Crippen LogP contribution in [0.2, 0.25) is 0 Å². The van der Waals surface area contributed by atoms with Crippen molar-refractivity contribution in [2.24, 2.45) is 7.05 Å². The van der Waals surface area contributed by atoms with E-state index in [4.69, 9.17) is 0 Å². The summed E-state index contributed by atoms with van der Waals surface area (Å²) >= 11 is 0. The van der Waals surface area contributed by atoms with Crippen LogP contribution in [-0.2, 0) is 7.05 Å². The van der Waals surface area contributed by atoms with Crippen molar-refractivity contribution in [2.75, 3.05) is 6.54 Å². The molecule has 1 N–H and O–H groups in total. The molecule has 0 bridgehead atoms. The Kier molecular flexibility index (Phi) is 4.27. The van der Waals surface area contributed by atoms with Gasteiger partial charge in [0.1, 0.15) is 5.82 Å². The van der Waals surface area contributed by atoms with Gasteiger partial charge in [0.05, 0.1) is 17.9 Å². The van der Waals surface area contributed by atoms with Crippen molar-refractivity contribution in [3.63, 3.8) is 0 Å². The van der Waals surface area contributed by atoms with E-state index in [-0.39, 0.29) is 11.9 Å². The summed E-state index contributed by atoms with van der Waals surface area (Å²) in [6.07, 6.45) is 2.72. The van der Waals surface area contributed by atoms with Crippen molar-refractivity contribution in [1.29, 1.82) is 0 Å². The molecule has 19 heavy (non-hydrogen) atoms. The van der Waals surface area contributed by atoms with Crippen LogP contribution in [0.25, 0.3) is 0 Å². The minimum Gasteiger partial charge on any atom is -0.305 e. The molecular formula is C14H19FN4. The second-order valence-corrected chi connectivity index (χ2v) is 4.68. The van der Waals surface area contributed by atoms with Gasteiger partial charge < -0.3 is 5.32 Å². The van der Waals surface area contributed by atoms with Crippen molar-refractivity contribution in [3.8, 4) is 0 Å². The average molecular weight is 262 g/mol. The van der Waals surface area contributed by atoms with E-state index in [1.54, 1.807) is 29.9 Å². The number of benzene rings is 1. The molecule has 0 saturated carbocycles. The molecule has 4 nitrogen and oxygen atoms in total. The Morgan fingerprint density at radius 2 is 2.21 bits per heavy atom. The first-order valence-corrected chi connectivity index (χ1v) is 6.47. The van der Waals surface area contributed by atoms with Gasteiger partial charge in [-0.1, -0.05) is 24.3 Å². The van der Waals surface area contributed by atoms with Gasteiger partial charge in [-0.2, -0.15) is 0 Å². The lowest BCUT2D eigenvalue weighted by Crippen LogP contribution is -2.25. The van der Waals surface area contributed by atoms with Gasteiger partial charge in [-0.05, 0) is 37.1 Å². The molecule has 0 fully saturated rings. The number of halogens is 1. The maximum Gasteiger partial charge on any atom is 0.126 e. The Bertz CT molecular complexity index is 550. The molecule has 1 aromatic carbocycles. The van der Waals surface area contributed by atoms with Gasteiger partial charge in [0.15, 0.2) is 0 Å². The van der Waals surface area contributed by atoms with Crippen LogP contribution in [0.3, 0.4) is 0 Å². The molecule has 0 spiro atoms. The molecule has 1 atom stereocenters. The third-order valence-corrected chi connectivity index (χ3v) is 3.17. The molecule has 5 heteroatoms. The van der Waals surface area contributed by atoms with E-state index in [1.807, 2.05) is 13.1 Å². The third-order valence-electron chi connectivity index (χ3n) is 3.17. The van der Waals surface area contributed by atoms with Gasteiger partial charge in [-0.15, -0.1) is 5.10 Å². The van der Waals surface area contributed by atoms with Crippen molar-refractivity contribution in [3.05, 3.63) is 47.0 Å². The highest BCUT2D eigenvalue weighted by molar-refractivity contribution is 5.30. The van der Waals surface area contributed by atoms with Gasteiger partial charge >= 0.3 is 0 Å². The highest BCUT2D eigenvalue weighted by Crippen LogP contribution is 2.22. The van der Waals surface area contributed by atoms with Gasteiger partial charge in [-0.3, -0.25) is 4.68 Å². The monoisotopic (exact) mass is 262 g/mol. The SMILES string of the molecule is CCCNC(c1ccc(C)c(F)c1)c1cnnn1C. The summed E-state index contributed by atoms with van der Waals surface area (Å²) in [4.78, 5) is 0. The van der Waals surface area contributed by atoms with Crippen molar-refractivity contribution in [2.45, 2.75) is 26.3 Å². The highest BCUT2D eigenvalue weighted by atomic mass is 19.1. The number of aromatic nitrogens is 3. The number of rotatable bonds is 5. The Labute approximate surface area is 112 Å². The van der Waals surface area contributed by atoms with Gasteiger partial charge in [-0.25, -0.2) is 4.39 Å². The molecule has 0 aliphatic heterocycles. The molecule has 1 aromatic heterocycles. The normalized spacial score (nSPS) is 12.6. The van der Waals surface area contributed by atoms with Crippen LogP contribution in [-0.4, -0.2) is 21.5 Å². The molecule has 0 saturated heterocycles. The van der Waals surface area contributed by atoms with Crippen molar-refractivity contribution < 1.29 is 4.39 Å². The molecule has 0 amide bonds. The summed E-state index contributed by atoms with van der Waals surface area (Å²) in [6, 6.07) is 5.23. The average Bonchev–Trinajstić information content (AvgIpc) is 2.80. The zero-order valence-electron chi connectivity index (χ0n) is 11.5. The van der Waals surface area contributed by atoms with Crippen LogP contribution < -0.4 is 5.32 Å². The van der Waals surface area contributed by atoms with E-state index in [1.165, 1.54) is 0 Å². The smallest absolute Gasteiger partial charge is 0.126 e. The molecule has 2 aromatic rings. The Hall–Kier alpha value is -1.75. The number of nitrogens with zero attached hydrogens (tertiary/aromatic N) is 3. The zero-order valence-corrected chi connectivity index (χ0v) is 11.5. The predicted octanol–water partition coefficient (Wildman–Crippen LogP) is 2.35. The second kappa shape index (κ2) is 5.93. The maximum atomic E-state index is 13.7. The fraction of sp³-hybridized carbons (Fsp3) is 0.429.